The maximum Gasteiger partial charge on any atom is 0.304 e. The normalized spacial score (nSPS) is 15.1. The number of thioether (sulfide) groups is 1. The highest BCUT2D eigenvalue weighted by atomic mass is 35.5. The van der Waals surface area contributed by atoms with Crippen molar-refractivity contribution in [3.05, 3.63) is 17.3 Å². The number of aliphatic carboxylic acids is 1. The van der Waals surface area contributed by atoms with Crippen LogP contribution < -0.4 is 4.90 Å². The van der Waals surface area contributed by atoms with E-state index in [-0.39, 0.29) is 6.42 Å². The van der Waals surface area contributed by atoms with E-state index in [0.29, 0.717) is 10.8 Å². The number of hydrogen-bond donors (Lipinski definition) is 1. The highest BCUT2D eigenvalue weighted by molar-refractivity contribution is 7.99. The maximum absolute atomic E-state index is 10.5. The van der Waals surface area contributed by atoms with Gasteiger partial charge in [-0.15, -0.1) is 11.8 Å². The maximum atomic E-state index is 10.5. The molecule has 98 valence electrons. The number of pyridine rings is 1. The number of carboxylic acid groups (broad SMARTS) is 1. The van der Waals surface area contributed by atoms with Gasteiger partial charge in [-0.3, -0.25) is 4.79 Å². The molecule has 1 aromatic heterocycles. The summed E-state index contributed by atoms with van der Waals surface area (Å²) < 4.78 is 0. The molecule has 0 radical (unpaired) electrons. The van der Waals surface area contributed by atoms with E-state index >= 15 is 0 Å². The minimum atomic E-state index is -0.785. The van der Waals surface area contributed by atoms with Crippen LogP contribution in [0.15, 0.2) is 17.2 Å². The summed E-state index contributed by atoms with van der Waals surface area (Å²) in [5.41, 5.74) is 0. The predicted molar refractivity (Wildman–Crippen MR) is 73.7 cm³/mol. The van der Waals surface area contributed by atoms with Gasteiger partial charge in [-0.05, 0) is 18.9 Å². The molecule has 0 amide bonds. The van der Waals surface area contributed by atoms with Gasteiger partial charge in [0.05, 0.1) is 11.4 Å². The van der Waals surface area contributed by atoms with Crippen molar-refractivity contribution in [2.24, 2.45) is 0 Å². The van der Waals surface area contributed by atoms with Gasteiger partial charge in [0.25, 0.3) is 0 Å². The van der Waals surface area contributed by atoms with Crippen molar-refractivity contribution in [3.8, 4) is 0 Å². The highest BCUT2D eigenvalue weighted by Gasteiger charge is 2.18. The molecule has 1 aliphatic heterocycles. The van der Waals surface area contributed by atoms with Crippen LogP contribution in [-0.2, 0) is 4.79 Å². The molecule has 1 aromatic rings. The van der Waals surface area contributed by atoms with Gasteiger partial charge in [-0.1, -0.05) is 11.6 Å². The van der Waals surface area contributed by atoms with Gasteiger partial charge in [0, 0.05) is 29.9 Å². The van der Waals surface area contributed by atoms with Crippen molar-refractivity contribution < 1.29 is 9.90 Å². The molecule has 0 spiro atoms. The lowest BCUT2D eigenvalue weighted by molar-refractivity contribution is -0.136. The average Bonchev–Trinajstić information content (AvgIpc) is 2.84. The Morgan fingerprint density at radius 1 is 1.50 bits per heavy atom. The summed E-state index contributed by atoms with van der Waals surface area (Å²) in [5, 5.41) is 9.27. The fourth-order valence-electron chi connectivity index (χ4n) is 1.92. The summed E-state index contributed by atoms with van der Waals surface area (Å²) in [6, 6.07) is 1.84. The van der Waals surface area contributed by atoms with Crippen molar-refractivity contribution in [3.63, 3.8) is 0 Å². The molecule has 0 aliphatic carbocycles. The molecule has 0 unspecified atom stereocenters. The summed E-state index contributed by atoms with van der Waals surface area (Å²) in [7, 11) is 0. The Kier molecular flexibility index (Phi) is 4.72. The SMILES string of the molecule is O=C(O)CCSc1ccnc(N2CCCC2)c1Cl. The molecule has 4 nitrogen and oxygen atoms in total. The Hall–Kier alpha value is -0.940. The zero-order valence-electron chi connectivity index (χ0n) is 9.93. The number of hydrogen-bond acceptors (Lipinski definition) is 4. The fraction of sp³-hybridized carbons (Fsp3) is 0.500. The number of carbonyl (C=O) groups is 1. The van der Waals surface area contributed by atoms with E-state index < -0.39 is 5.97 Å². The van der Waals surface area contributed by atoms with Gasteiger partial charge in [-0.25, -0.2) is 4.98 Å². The first kappa shape index (κ1) is 13.5. The standard InChI is InChI=1S/C12H15ClN2O2S/c13-11-9(18-8-4-10(16)17)3-5-14-12(11)15-6-1-2-7-15/h3,5H,1-2,4,6-8H2,(H,16,17). The van der Waals surface area contributed by atoms with Gasteiger partial charge >= 0.3 is 5.97 Å². The van der Waals surface area contributed by atoms with Crippen LogP contribution in [-0.4, -0.2) is 34.9 Å². The molecule has 18 heavy (non-hydrogen) atoms. The largest absolute Gasteiger partial charge is 0.481 e. The van der Waals surface area contributed by atoms with E-state index in [1.165, 1.54) is 24.6 Å². The molecule has 0 atom stereocenters. The summed E-state index contributed by atoms with van der Waals surface area (Å²) in [6.45, 7) is 1.99. The van der Waals surface area contributed by atoms with Crippen LogP contribution in [0.5, 0.6) is 0 Å². The van der Waals surface area contributed by atoms with E-state index in [2.05, 4.69) is 9.88 Å². The topological polar surface area (TPSA) is 53.4 Å². The molecule has 1 fully saturated rings. The monoisotopic (exact) mass is 286 g/mol. The van der Waals surface area contributed by atoms with Gasteiger partial charge in [0.1, 0.15) is 5.82 Å². The molecule has 1 saturated heterocycles. The predicted octanol–water partition coefficient (Wildman–Crippen LogP) is 2.90. The van der Waals surface area contributed by atoms with Gasteiger partial charge in [0.2, 0.25) is 0 Å². The number of anilines is 1. The van der Waals surface area contributed by atoms with Crippen molar-refractivity contribution in [2.75, 3.05) is 23.7 Å². The van der Waals surface area contributed by atoms with Gasteiger partial charge in [0.15, 0.2) is 0 Å². The fourth-order valence-corrected chi connectivity index (χ4v) is 3.19. The van der Waals surface area contributed by atoms with Crippen LogP contribution in [0.25, 0.3) is 0 Å². The first-order chi connectivity index (χ1) is 8.68. The lowest BCUT2D eigenvalue weighted by Crippen LogP contribution is -2.19. The lowest BCUT2D eigenvalue weighted by atomic mass is 10.4. The number of rotatable bonds is 5. The summed E-state index contributed by atoms with van der Waals surface area (Å²) in [5.74, 6) is 0.570. The Bertz CT molecular complexity index is 436. The minimum absolute atomic E-state index is 0.141. The molecule has 1 N–H and O–H groups in total. The third kappa shape index (κ3) is 3.29. The Labute approximate surface area is 115 Å². The van der Waals surface area contributed by atoms with Crippen LogP contribution in [0, 0.1) is 0 Å². The molecular weight excluding hydrogens is 272 g/mol. The molecular formula is C12H15ClN2O2S. The molecule has 2 heterocycles. The van der Waals surface area contributed by atoms with Crippen molar-refractivity contribution in [1.82, 2.24) is 4.98 Å². The molecule has 6 heteroatoms. The smallest absolute Gasteiger partial charge is 0.304 e. The van der Waals surface area contributed by atoms with Crippen molar-refractivity contribution in [2.45, 2.75) is 24.2 Å². The second-order valence-electron chi connectivity index (χ2n) is 4.13. The van der Waals surface area contributed by atoms with Crippen LogP contribution in [0.2, 0.25) is 5.02 Å². The zero-order chi connectivity index (χ0) is 13.0. The quantitative estimate of drug-likeness (QED) is 0.844. The number of carboxylic acids is 1. The second-order valence-corrected chi connectivity index (χ2v) is 5.65. The first-order valence-electron chi connectivity index (χ1n) is 5.92. The lowest BCUT2D eigenvalue weighted by Gasteiger charge is -2.18. The number of halogens is 1. The molecule has 2 rings (SSSR count). The summed E-state index contributed by atoms with van der Waals surface area (Å²) >= 11 is 7.80. The second kappa shape index (κ2) is 6.29. The first-order valence-corrected chi connectivity index (χ1v) is 7.29. The summed E-state index contributed by atoms with van der Waals surface area (Å²) in [6.07, 6.45) is 4.23. The van der Waals surface area contributed by atoms with E-state index in [0.717, 1.165) is 23.8 Å². The van der Waals surface area contributed by atoms with Crippen molar-refractivity contribution >= 4 is 35.1 Å². The van der Waals surface area contributed by atoms with Crippen LogP contribution >= 0.6 is 23.4 Å². The molecule has 1 aliphatic rings. The third-order valence-electron chi connectivity index (χ3n) is 2.81. The van der Waals surface area contributed by atoms with Crippen LogP contribution in [0.4, 0.5) is 5.82 Å². The van der Waals surface area contributed by atoms with Crippen LogP contribution in [0.1, 0.15) is 19.3 Å². The minimum Gasteiger partial charge on any atom is -0.481 e. The number of aromatic nitrogens is 1. The Morgan fingerprint density at radius 2 is 2.22 bits per heavy atom. The van der Waals surface area contributed by atoms with E-state index in [1.54, 1.807) is 6.20 Å². The van der Waals surface area contributed by atoms with Crippen molar-refractivity contribution in [1.29, 1.82) is 0 Å². The van der Waals surface area contributed by atoms with E-state index in [1.807, 2.05) is 6.07 Å². The summed E-state index contributed by atoms with van der Waals surface area (Å²) in [4.78, 5) is 17.9. The van der Waals surface area contributed by atoms with E-state index in [4.69, 9.17) is 16.7 Å². The van der Waals surface area contributed by atoms with Gasteiger partial charge in [-0.2, -0.15) is 0 Å². The molecule has 0 aromatic carbocycles. The van der Waals surface area contributed by atoms with Gasteiger partial charge < -0.3 is 10.0 Å². The molecule has 0 bridgehead atoms. The Morgan fingerprint density at radius 3 is 2.89 bits per heavy atom. The highest BCUT2D eigenvalue weighted by Crippen LogP contribution is 2.35. The number of nitrogens with zero attached hydrogens (tertiary/aromatic N) is 2. The molecule has 0 saturated carbocycles. The zero-order valence-corrected chi connectivity index (χ0v) is 11.5. The van der Waals surface area contributed by atoms with Crippen LogP contribution in [0.3, 0.4) is 0 Å². The van der Waals surface area contributed by atoms with E-state index in [9.17, 15) is 4.79 Å². The third-order valence-corrected chi connectivity index (χ3v) is 4.36. The average molecular weight is 287 g/mol. The Balaban J connectivity index is 2.06.